The number of rotatable bonds is 9. The highest BCUT2D eigenvalue weighted by molar-refractivity contribution is 7.25. The second-order valence-corrected chi connectivity index (χ2v) is 9.78. The highest BCUT2D eigenvalue weighted by Gasteiger charge is 2.26. The number of aryl methyl sites for hydroxylation is 2. The SMILES string of the molecule is Cc1cc(C(C)(O)P=O)cc(C)c1Cc1ccc(O)c(C(=O)N[C@H](CC(C)C)C(=O)O)c1. The van der Waals surface area contributed by atoms with Crippen molar-refractivity contribution in [1.29, 1.82) is 0 Å². The minimum Gasteiger partial charge on any atom is -0.507 e. The smallest absolute Gasteiger partial charge is 0.326 e. The van der Waals surface area contributed by atoms with E-state index in [1.807, 2.05) is 27.7 Å². The molecule has 2 aromatic carbocycles. The molecule has 7 nitrogen and oxygen atoms in total. The highest BCUT2D eigenvalue weighted by Crippen LogP contribution is 2.34. The van der Waals surface area contributed by atoms with Crippen molar-refractivity contribution in [3.8, 4) is 5.75 Å². The van der Waals surface area contributed by atoms with Crippen LogP contribution in [0.5, 0.6) is 5.75 Å². The molecule has 0 saturated carbocycles. The molecule has 2 rings (SSSR count). The van der Waals surface area contributed by atoms with Crippen molar-refractivity contribution in [3.05, 3.63) is 63.7 Å². The molecule has 1 amide bonds. The summed E-state index contributed by atoms with van der Waals surface area (Å²) in [4.78, 5) is 24.2. The molecule has 0 spiro atoms. The molecule has 0 aliphatic carbocycles. The standard InChI is InChI=1S/C24H30NO6P/c1-13(2)8-20(23(28)29)25-22(27)19-12-16(6-7-21(19)26)11-18-14(3)9-17(10-15(18)4)24(5,30)32-31/h6-7,9-10,12-13,20,26,30H,8,11H2,1-5H3,(H,25,27)(H,28,29)/t20-,24?/m1/s1. The number of carboxylic acid groups (broad SMARTS) is 1. The molecule has 0 aliphatic heterocycles. The van der Waals surface area contributed by atoms with E-state index in [9.17, 15) is 29.5 Å². The van der Waals surface area contributed by atoms with E-state index >= 15 is 0 Å². The first kappa shape index (κ1) is 25.5. The number of hydrogen-bond acceptors (Lipinski definition) is 5. The number of carbonyl (C=O) groups excluding carboxylic acids is 1. The number of phenolic OH excluding ortho intramolecular Hbond substituents is 1. The largest absolute Gasteiger partial charge is 0.507 e. The summed E-state index contributed by atoms with van der Waals surface area (Å²) in [5.41, 5.74) is 4.08. The summed E-state index contributed by atoms with van der Waals surface area (Å²) in [7, 11) is -0.390. The van der Waals surface area contributed by atoms with Crippen molar-refractivity contribution in [3.63, 3.8) is 0 Å². The van der Waals surface area contributed by atoms with E-state index in [0.29, 0.717) is 12.0 Å². The summed E-state index contributed by atoms with van der Waals surface area (Å²) >= 11 is 0. The number of aromatic hydroxyl groups is 1. The third-order valence-corrected chi connectivity index (χ3v) is 6.03. The molecule has 0 fully saturated rings. The molecule has 0 bridgehead atoms. The summed E-state index contributed by atoms with van der Waals surface area (Å²) in [6.45, 7) is 8.99. The number of amides is 1. The van der Waals surface area contributed by atoms with E-state index in [-0.39, 0.29) is 23.7 Å². The summed E-state index contributed by atoms with van der Waals surface area (Å²) in [6.07, 6.45) is 0.739. The molecule has 2 aromatic rings. The van der Waals surface area contributed by atoms with Crippen molar-refractivity contribution in [1.82, 2.24) is 5.32 Å². The molecule has 0 aliphatic rings. The first-order valence-corrected chi connectivity index (χ1v) is 11.2. The van der Waals surface area contributed by atoms with Gasteiger partial charge >= 0.3 is 5.97 Å². The van der Waals surface area contributed by atoms with Crippen LogP contribution in [0.3, 0.4) is 0 Å². The van der Waals surface area contributed by atoms with Gasteiger partial charge in [0.05, 0.1) is 5.56 Å². The fraction of sp³-hybridized carbons (Fsp3) is 0.417. The zero-order chi connectivity index (χ0) is 24.2. The van der Waals surface area contributed by atoms with Crippen molar-refractivity contribution in [2.45, 2.75) is 58.8 Å². The average Bonchev–Trinajstić information content (AvgIpc) is 2.70. The van der Waals surface area contributed by atoms with Gasteiger partial charge in [0.1, 0.15) is 11.8 Å². The van der Waals surface area contributed by atoms with Crippen molar-refractivity contribution < 1.29 is 29.5 Å². The minimum atomic E-state index is -1.48. The normalized spacial score (nSPS) is 14.2. The number of hydrogen-bond donors (Lipinski definition) is 4. The van der Waals surface area contributed by atoms with Crippen LogP contribution in [0, 0.1) is 19.8 Å². The van der Waals surface area contributed by atoms with Gasteiger partial charge in [0, 0.05) is 0 Å². The van der Waals surface area contributed by atoms with E-state index in [4.69, 9.17) is 0 Å². The number of carboxylic acids is 1. The third-order valence-electron chi connectivity index (χ3n) is 5.42. The molecule has 0 radical (unpaired) electrons. The van der Waals surface area contributed by atoms with Gasteiger partial charge in [0.2, 0.25) is 0 Å². The van der Waals surface area contributed by atoms with E-state index in [0.717, 1.165) is 22.3 Å². The van der Waals surface area contributed by atoms with Gasteiger partial charge in [-0.25, -0.2) is 4.79 Å². The maximum Gasteiger partial charge on any atom is 0.326 e. The van der Waals surface area contributed by atoms with Crippen LogP contribution in [0.4, 0.5) is 0 Å². The van der Waals surface area contributed by atoms with Crippen molar-refractivity contribution in [2.24, 2.45) is 5.92 Å². The Balaban J connectivity index is 2.33. The molecule has 1 unspecified atom stereocenters. The van der Waals surface area contributed by atoms with Crippen LogP contribution in [0.25, 0.3) is 0 Å². The Bertz CT molecular complexity index is 1010. The molecule has 8 heteroatoms. The number of aliphatic carboxylic acids is 1. The first-order valence-electron chi connectivity index (χ1n) is 10.4. The van der Waals surface area contributed by atoms with Crippen LogP contribution in [-0.2, 0) is 21.1 Å². The molecule has 172 valence electrons. The zero-order valence-electron chi connectivity index (χ0n) is 19.0. The second kappa shape index (κ2) is 10.2. The number of aliphatic hydroxyl groups is 1. The van der Waals surface area contributed by atoms with E-state index in [1.54, 1.807) is 24.3 Å². The number of nitrogens with one attached hydrogen (secondary N) is 1. The fourth-order valence-electron chi connectivity index (χ4n) is 3.61. The van der Waals surface area contributed by atoms with Gasteiger partial charge in [-0.15, -0.1) is 0 Å². The van der Waals surface area contributed by atoms with Crippen LogP contribution >= 0.6 is 8.46 Å². The van der Waals surface area contributed by atoms with Gasteiger partial charge in [0.25, 0.3) is 5.91 Å². The van der Waals surface area contributed by atoms with Crippen LogP contribution in [0.15, 0.2) is 30.3 Å². The predicted molar refractivity (Wildman–Crippen MR) is 122 cm³/mol. The maximum absolute atomic E-state index is 12.7. The van der Waals surface area contributed by atoms with Gasteiger partial charge in [-0.3, -0.25) is 9.36 Å². The zero-order valence-corrected chi connectivity index (χ0v) is 19.9. The Kier molecular flexibility index (Phi) is 8.16. The van der Waals surface area contributed by atoms with Gasteiger partial charge < -0.3 is 20.6 Å². The number of carbonyl (C=O) groups is 2. The van der Waals surface area contributed by atoms with E-state index in [2.05, 4.69) is 5.32 Å². The Hall–Kier alpha value is -2.76. The molecule has 4 N–H and O–H groups in total. The number of phenols is 1. The van der Waals surface area contributed by atoms with Gasteiger partial charge in [-0.2, -0.15) is 0 Å². The van der Waals surface area contributed by atoms with Crippen LogP contribution in [-0.4, -0.2) is 33.2 Å². The summed E-state index contributed by atoms with van der Waals surface area (Å²) in [6, 6.07) is 7.19. The lowest BCUT2D eigenvalue weighted by Crippen LogP contribution is -2.41. The lowest BCUT2D eigenvalue weighted by Gasteiger charge is -2.20. The summed E-state index contributed by atoms with van der Waals surface area (Å²) < 4.78 is 11.3. The van der Waals surface area contributed by atoms with Gasteiger partial charge in [-0.1, -0.05) is 32.0 Å². The highest BCUT2D eigenvalue weighted by atomic mass is 31.1. The van der Waals surface area contributed by atoms with Crippen molar-refractivity contribution in [2.75, 3.05) is 0 Å². The fourth-order valence-corrected chi connectivity index (χ4v) is 3.84. The van der Waals surface area contributed by atoms with Crippen molar-refractivity contribution >= 4 is 20.3 Å². The average molecular weight is 459 g/mol. The molecule has 0 aromatic heterocycles. The lowest BCUT2D eigenvalue weighted by atomic mass is 9.92. The quantitative estimate of drug-likeness (QED) is 0.415. The topological polar surface area (TPSA) is 124 Å². The predicted octanol–water partition coefficient (Wildman–Crippen LogP) is 4.29. The summed E-state index contributed by atoms with van der Waals surface area (Å²) in [5.74, 6) is -1.92. The molecule has 0 saturated heterocycles. The molecule has 32 heavy (non-hydrogen) atoms. The minimum absolute atomic E-state index is 0.0116. The van der Waals surface area contributed by atoms with Gasteiger partial charge in [0.15, 0.2) is 13.8 Å². The monoisotopic (exact) mass is 459 g/mol. The molecule has 2 atom stereocenters. The van der Waals surface area contributed by atoms with E-state index in [1.165, 1.54) is 13.0 Å². The second-order valence-electron chi connectivity index (χ2n) is 8.72. The first-order chi connectivity index (χ1) is 14.9. The Morgan fingerprint density at radius 1 is 1.12 bits per heavy atom. The van der Waals surface area contributed by atoms with Crippen LogP contribution < -0.4 is 5.32 Å². The van der Waals surface area contributed by atoms with Crippen LogP contribution in [0.2, 0.25) is 0 Å². The van der Waals surface area contributed by atoms with Crippen LogP contribution in [0.1, 0.15) is 65.4 Å². The Morgan fingerprint density at radius 3 is 2.22 bits per heavy atom. The maximum atomic E-state index is 12.7. The van der Waals surface area contributed by atoms with E-state index < -0.39 is 31.7 Å². The van der Waals surface area contributed by atoms with Gasteiger partial charge in [-0.05, 0) is 79.5 Å². The third kappa shape index (κ3) is 6.15. The molecular weight excluding hydrogens is 429 g/mol. The molecule has 0 heterocycles. The molecular formula is C24H30NO6P. The number of benzene rings is 2. The Labute approximate surface area is 189 Å². The lowest BCUT2D eigenvalue weighted by molar-refractivity contribution is -0.139. The Morgan fingerprint density at radius 2 is 1.72 bits per heavy atom. The summed E-state index contributed by atoms with van der Waals surface area (Å²) in [5, 5.41) is 30.9.